The summed E-state index contributed by atoms with van der Waals surface area (Å²) in [6.45, 7) is 1.90. The summed E-state index contributed by atoms with van der Waals surface area (Å²) in [5.74, 6) is 0. The maximum atomic E-state index is 10.2. The van der Waals surface area contributed by atoms with E-state index in [2.05, 4.69) is 20.9 Å². The zero-order valence-corrected chi connectivity index (χ0v) is 10.5. The molecule has 0 aliphatic heterocycles. The number of aliphatic hydroxyl groups is 1. The summed E-state index contributed by atoms with van der Waals surface area (Å²) in [6.07, 6.45) is -0.609. The van der Waals surface area contributed by atoms with Gasteiger partial charge >= 0.3 is 0 Å². The predicted molar refractivity (Wildman–Crippen MR) is 67.2 cm³/mol. The third kappa shape index (κ3) is 2.31. The summed E-state index contributed by atoms with van der Waals surface area (Å²) in [5, 5.41) is 10.2. The summed E-state index contributed by atoms with van der Waals surface area (Å²) in [5.41, 5.74) is 2.56. The van der Waals surface area contributed by atoms with Crippen LogP contribution in [0.15, 0.2) is 47.1 Å². The van der Waals surface area contributed by atoms with E-state index in [-0.39, 0.29) is 0 Å². The molecule has 1 aromatic heterocycles. The first-order chi connectivity index (χ1) is 7.68. The fraction of sp³-hybridized carbons (Fsp3) is 0.154. The van der Waals surface area contributed by atoms with E-state index in [1.54, 1.807) is 0 Å². The zero-order chi connectivity index (χ0) is 11.5. The molecule has 0 saturated carbocycles. The molecule has 0 fully saturated rings. The standard InChI is InChI=1S/C13H12BrNO/c1-9-11(7-8-12(14)15-9)13(16)10-5-3-2-4-6-10/h2-8,13,16H,1H3/t13-/m0/s1. The van der Waals surface area contributed by atoms with Crippen LogP contribution in [0.25, 0.3) is 0 Å². The van der Waals surface area contributed by atoms with Crippen molar-refractivity contribution in [2.24, 2.45) is 0 Å². The number of rotatable bonds is 2. The molecule has 3 heteroatoms. The molecule has 0 aliphatic carbocycles. The van der Waals surface area contributed by atoms with Crippen LogP contribution in [-0.4, -0.2) is 10.1 Å². The van der Waals surface area contributed by atoms with Crippen LogP contribution in [-0.2, 0) is 0 Å². The van der Waals surface area contributed by atoms with Gasteiger partial charge in [-0.25, -0.2) is 4.98 Å². The maximum Gasteiger partial charge on any atom is 0.106 e. The monoisotopic (exact) mass is 277 g/mol. The van der Waals surface area contributed by atoms with Gasteiger partial charge in [0, 0.05) is 11.3 Å². The van der Waals surface area contributed by atoms with Gasteiger partial charge in [0.1, 0.15) is 10.7 Å². The molecule has 1 atom stereocenters. The molecular formula is C13H12BrNO. The van der Waals surface area contributed by atoms with E-state index in [0.29, 0.717) is 0 Å². The van der Waals surface area contributed by atoms with Crippen LogP contribution < -0.4 is 0 Å². The van der Waals surface area contributed by atoms with Crippen LogP contribution in [0, 0.1) is 6.92 Å². The molecule has 1 aromatic carbocycles. The van der Waals surface area contributed by atoms with Gasteiger partial charge in [-0.15, -0.1) is 0 Å². The minimum Gasteiger partial charge on any atom is -0.384 e. The van der Waals surface area contributed by atoms with Gasteiger partial charge in [0.25, 0.3) is 0 Å². The molecule has 2 nitrogen and oxygen atoms in total. The fourth-order valence-corrected chi connectivity index (χ4v) is 2.04. The Kier molecular flexibility index (Phi) is 3.36. The Morgan fingerprint density at radius 2 is 1.81 bits per heavy atom. The third-order valence-corrected chi connectivity index (χ3v) is 2.94. The van der Waals surface area contributed by atoms with E-state index in [9.17, 15) is 5.11 Å². The van der Waals surface area contributed by atoms with Crippen molar-refractivity contribution in [3.05, 3.63) is 63.9 Å². The molecule has 0 unspecified atom stereocenters. The van der Waals surface area contributed by atoms with E-state index >= 15 is 0 Å². The molecule has 0 spiro atoms. The van der Waals surface area contributed by atoms with Gasteiger partial charge in [-0.05, 0) is 34.5 Å². The lowest BCUT2D eigenvalue weighted by molar-refractivity contribution is 0.219. The molecule has 1 heterocycles. The smallest absolute Gasteiger partial charge is 0.106 e. The first-order valence-corrected chi connectivity index (χ1v) is 5.84. The van der Waals surface area contributed by atoms with Crippen molar-refractivity contribution in [3.8, 4) is 0 Å². The van der Waals surface area contributed by atoms with Crippen LogP contribution in [0.5, 0.6) is 0 Å². The zero-order valence-electron chi connectivity index (χ0n) is 8.89. The van der Waals surface area contributed by atoms with Gasteiger partial charge in [0.2, 0.25) is 0 Å². The second-order valence-corrected chi connectivity index (χ2v) is 4.43. The number of pyridine rings is 1. The fourth-order valence-electron chi connectivity index (χ4n) is 1.65. The second-order valence-electron chi connectivity index (χ2n) is 3.62. The second kappa shape index (κ2) is 4.76. The van der Waals surface area contributed by atoms with Crippen LogP contribution in [0.4, 0.5) is 0 Å². The van der Waals surface area contributed by atoms with Crippen molar-refractivity contribution < 1.29 is 5.11 Å². The number of hydrogen-bond acceptors (Lipinski definition) is 2. The van der Waals surface area contributed by atoms with Crippen LogP contribution in [0.2, 0.25) is 0 Å². The van der Waals surface area contributed by atoms with Gasteiger partial charge in [-0.1, -0.05) is 36.4 Å². The molecule has 0 amide bonds. The number of benzene rings is 1. The molecule has 2 rings (SSSR count). The van der Waals surface area contributed by atoms with E-state index in [0.717, 1.165) is 21.4 Å². The Hall–Kier alpha value is -1.19. The van der Waals surface area contributed by atoms with Crippen LogP contribution >= 0.6 is 15.9 Å². The number of nitrogens with zero attached hydrogens (tertiary/aromatic N) is 1. The Balaban J connectivity index is 2.38. The summed E-state index contributed by atoms with van der Waals surface area (Å²) >= 11 is 3.31. The minimum atomic E-state index is -0.609. The van der Waals surface area contributed by atoms with Gasteiger partial charge in [0.05, 0.1) is 0 Å². The number of aryl methyl sites for hydroxylation is 1. The average molecular weight is 278 g/mol. The van der Waals surface area contributed by atoms with Crippen LogP contribution in [0.3, 0.4) is 0 Å². The van der Waals surface area contributed by atoms with E-state index in [4.69, 9.17) is 0 Å². The lowest BCUT2D eigenvalue weighted by Gasteiger charge is -2.13. The average Bonchev–Trinajstić information content (AvgIpc) is 2.29. The summed E-state index contributed by atoms with van der Waals surface area (Å²) in [6, 6.07) is 13.3. The van der Waals surface area contributed by atoms with Gasteiger partial charge < -0.3 is 5.11 Å². The molecular weight excluding hydrogens is 266 g/mol. The van der Waals surface area contributed by atoms with Crippen molar-refractivity contribution in [3.63, 3.8) is 0 Å². The Bertz CT molecular complexity index is 485. The first-order valence-electron chi connectivity index (χ1n) is 5.04. The van der Waals surface area contributed by atoms with E-state index < -0.39 is 6.10 Å². The molecule has 16 heavy (non-hydrogen) atoms. The van der Waals surface area contributed by atoms with E-state index in [1.165, 1.54) is 0 Å². The normalized spacial score (nSPS) is 12.4. The van der Waals surface area contributed by atoms with Gasteiger partial charge in [-0.2, -0.15) is 0 Å². The minimum absolute atomic E-state index is 0.609. The van der Waals surface area contributed by atoms with Crippen molar-refractivity contribution >= 4 is 15.9 Å². The van der Waals surface area contributed by atoms with Crippen molar-refractivity contribution in [2.75, 3.05) is 0 Å². The highest BCUT2D eigenvalue weighted by Crippen LogP contribution is 2.24. The predicted octanol–water partition coefficient (Wildman–Crippen LogP) is 3.23. The van der Waals surface area contributed by atoms with Crippen molar-refractivity contribution in [1.29, 1.82) is 0 Å². The SMILES string of the molecule is Cc1nc(Br)ccc1[C@@H](O)c1ccccc1. The quantitative estimate of drug-likeness (QED) is 0.855. The molecule has 0 bridgehead atoms. The lowest BCUT2D eigenvalue weighted by atomic mass is 10.0. The molecule has 2 aromatic rings. The molecule has 0 radical (unpaired) electrons. The number of hydrogen-bond donors (Lipinski definition) is 1. The number of halogens is 1. The van der Waals surface area contributed by atoms with Gasteiger partial charge in [0.15, 0.2) is 0 Å². The molecule has 1 N–H and O–H groups in total. The highest BCUT2D eigenvalue weighted by atomic mass is 79.9. The summed E-state index contributed by atoms with van der Waals surface area (Å²) in [4.78, 5) is 4.28. The highest BCUT2D eigenvalue weighted by molar-refractivity contribution is 9.10. The molecule has 82 valence electrons. The summed E-state index contributed by atoms with van der Waals surface area (Å²) in [7, 11) is 0. The van der Waals surface area contributed by atoms with E-state index in [1.807, 2.05) is 49.4 Å². The van der Waals surface area contributed by atoms with Crippen molar-refractivity contribution in [2.45, 2.75) is 13.0 Å². The number of aliphatic hydroxyl groups excluding tert-OH is 1. The Morgan fingerprint density at radius 1 is 1.12 bits per heavy atom. The van der Waals surface area contributed by atoms with Crippen LogP contribution in [0.1, 0.15) is 22.9 Å². The molecule has 0 aliphatic rings. The highest BCUT2D eigenvalue weighted by Gasteiger charge is 2.13. The Labute approximate surface area is 103 Å². The maximum absolute atomic E-state index is 10.2. The molecule has 0 saturated heterocycles. The number of aromatic nitrogens is 1. The Morgan fingerprint density at radius 3 is 2.44 bits per heavy atom. The first kappa shape index (κ1) is 11.3. The lowest BCUT2D eigenvalue weighted by Crippen LogP contribution is -2.03. The van der Waals surface area contributed by atoms with Gasteiger partial charge in [-0.3, -0.25) is 0 Å². The summed E-state index contributed by atoms with van der Waals surface area (Å²) < 4.78 is 0.786. The topological polar surface area (TPSA) is 33.1 Å². The van der Waals surface area contributed by atoms with Crippen molar-refractivity contribution in [1.82, 2.24) is 4.98 Å². The third-order valence-electron chi connectivity index (χ3n) is 2.50. The largest absolute Gasteiger partial charge is 0.384 e.